The van der Waals surface area contributed by atoms with Crippen LogP contribution in [0, 0.1) is 10.1 Å². The van der Waals surface area contributed by atoms with Gasteiger partial charge in [-0.2, -0.15) is 0 Å². The minimum absolute atomic E-state index is 0.0357. The Morgan fingerprint density at radius 3 is 2.82 bits per heavy atom. The maximum absolute atomic E-state index is 12.1. The molecule has 0 saturated heterocycles. The van der Waals surface area contributed by atoms with Crippen LogP contribution in [0.2, 0.25) is 0 Å². The average Bonchev–Trinajstić information content (AvgIpc) is 2.50. The summed E-state index contributed by atoms with van der Waals surface area (Å²) in [6.07, 6.45) is 1.80. The van der Waals surface area contributed by atoms with Gasteiger partial charge in [0.25, 0.3) is 0 Å². The number of rotatable bonds is 5. The fourth-order valence-corrected chi connectivity index (χ4v) is 2.34. The van der Waals surface area contributed by atoms with E-state index in [0.717, 1.165) is 18.9 Å². The number of ketones is 1. The molecule has 7 heteroatoms. The predicted octanol–water partition coefficient (Wildman–Crippen LogP) is 2.66. The average molecular weight is 307 g/mol. The predicted molar refractivity (Wildman–Crippen MR) is 76.9 cm³/mol. The van der Waals surface area contributed by atoms with Gasteiger partial charge in [0.2, 0.25) is 0 Å². The van der Waals surface area contributed by atoms with Crippen molar-refractivity contribution in [1.29, 1.82) is 0 Å². The van der Waals surface area contributed by atoms with Gasteiger partial charge in [-0.05, 0) is 38.3 Å². The molecule has 7 nitrogen and oxygen atoms in total. The van der Waals surface area contributed by atoms with Gasteiger partial charge in [0.1, 0.15) is 0 Å². The number of nitro benzene ring substituents is 1. The van der Waals surface area contributed by atoms with Crippen LogP contribution in [-0.2, 0) is 9.53 Å². The lowest BCUT2D eigenvalue weighted by atomic mass is 9.96. The van der Waals surface area contributed by atoms with Crippen LogP contribution in [0.3, 0.4) is 0 Å². The molecule has 0 spiro atoms. The number of carbonyl (C=O) groups excluding carboxylic acids is 2. The van der Waals surface area contributed by atoms with Gasteiger partial charge in [0, 0.05) is 12.5 Å². The molecule has 0 amide bonds. The molecule has 2 rings (SSSR count). The zero-order valence-corrected chi connectivity index (χ0v) is 12.2. The van der Waals surface area contributed by atoms with Gasteiger partial charge < -0.3 is 9.47 Å². The molecule has 0 aliphatic heterocycles. The Balaban J connectivity index is 2.17. The van der Waals surface area contributed by atoms with E-state index in [1.165, 1.54) is 12.1 Å². The number of hydrogen-bond donors (Lipinski definition) is 0. The maximum atomic E-state index is 12.1. The molecule has 118 valence electrons. The van der Waals surface area contributed by atoms with Crippen LogP contribution in [-0.4, -0.2) is 29.4 Å². The first kappa shape index (κ1) is 15.9. The Morgan fingerprint density at radius 1 is 1.41 bits per heavy atom. The lowest BCUT2D eigenvalue weighted by Gasteiger charge is -2.20. The van der Waals surface area contributed by atoms with Crippen LogP contribution in [0.1, 0.15) is 43.0 Å². The normalized spacial score (nSPS) is 17.9. The van der Waals surface area contributed by atoms with E-state index in [2.05, 4.69) is 0 Å². The van der Waals surface area contributed by atoms with Crippen LogP contribution < -0.4 is 4.74 Å². The highest BCUT2D eigenvalue weighted by Gasteiger charge is 2.27. The molecule has 1 atom stereocenters. The lowest BCUT2D eigenvalue weighted by Crippen LogP contribution is -2.30. The first-order valence-corrected chi connectivity index (χ1v) is 7.18. The summed E-state index contributed by atoms with van der Waals surface area (Å²) in [4.78, 5) is 34.1. The quantitative estimate of drug-likeness (QED) is 0.471. The SMILES string of the molecule is CCOc1ccc(C(=O)OC2CCCCC2=O)cc1[N+](=O)[O-]. The van der Waals surface area contributed by atoms with Crippen molar-refractivity contribution in [3.8, 4) is 5.75 Å². The van der Waals surface area contributed by atoms with E-state index in [9.17, 15) is 19.7 Å². The fourth-order valence-electron chi connectivity index (χ4n) is 2.34. The van der Waals surface area contributed by atoms with Gasteiger partial charge in [-0.3, -0.25) is 14.9 Å². The summed E-state index contributed by atoms with van der Waals surface area (Å²) in [5, 5.41) is 11.0. The molecular formula is C15H17NO6. The molecule has 1 saturated carbocycles. The maximum Gasteiger partial charge on any atom is 0.339 e. The number of hydrogen-bond acceptors (Lipinski definition) is 6. The molecule has 0 N–H and O–H groups in total. The monoisotopic (exact) mass is 307 g/mol. The summed E-state index contributed by atoms with van der Waals surface area (Å²) in [6.45, 7) is 1.99. The number of esters is 1. The van der Waals surface area contributed by atoms with E-state index < -0.39 is 17.0 Å². The number of nitro groups is 1. The zero-order chi connectivity index (χ0) is 16.1. The van der Waals surface area contributed by atoms with E-state index in [0.29, 0.717) is 12.8 Å². The number of carbonyl (C=O) groups is 2. The van der Waals surface area contributed by atoms with Gasteiger partial charge in [0.05, 0.1) is 17.1 Å². The zero-order valence-electron chi connectivity index (χ0n) is 12.2. The van der Waals surface area contributed by atoms with Gasteiger partial charge >= 0.3 is 11.7 Å². The smallest absolute Gasteiger partial charge is 0.339 e. The number of ether oxygens (including phenoxy) is 2. The molecule has 1 aliphatic carbocycles. The van der Waals surface area contributed by atoms with Gasteiger partial charge in [-0.1, -0.05) is 0 Å². The molecular weight excluding hydrogens is 290 g/mol. The Morgan fingerprint density at radius 2 is 2.18 bits per heavy atom. The number of benzene rings is 1. The molecule has 0 radical (unpaired) electrons. The van der Waals surface area contributed by atoms with Crippen LogP contribution >= 0.6 is 0 Å². The molecule has 1 aromatic rings. The second kappa shape index (κ2) is 7.02. The van der Waals surface area contributed by atoms with Gasteiger partial charge in [0.15, 0.2) is 17.6 Å². The molecule has 1 fully saturated rings. The second-order valence-corrected chi connectivity index (χ2v) is 4.98. The summed E-state index contributed by atoms with van der Waals surface area (Å²) in [5.41, 5.74) is -0.264. The molecule has 1 aliphatic rings. The minimum atomic E-state index is -0.744. The Bertz CT molecular complexity index is 598. The van der Waals surface area contributed by atoms with Crippen molar-refractivity contribution in [2.75, 3.05) is 6.61 Å². The third-order valence-electron chi connectivity index (χ3n) is 3.44. The summed E-state index contributed by atoms with van der Waals surface area (Å²) in [6, 6.07) is 3.87. The van der Waals surface area contributed by atoms with Crippen molar-refractivity contribution in [3.05, 3.63) is 33.9 Å². The molecule has 1 aromatic carbocycles. The van der Waals surface area contributed by atoms with Gasteiger partial charge in [-0.25, -0.2) is 4.79 Å². The largest absolute Gasteiger partial charge is 0.487 e. The Kier molecular flexibility index (Phi) is 5.08. The fraction of sp³-hybridized carbons (Fsp3) is 0.467. The summed E-state index contributed by atoms with van der Waals surface area (Å²) in [7, 11) is 0. The standard InChI is InChI=1S/C15H17NO6/c1-2-21-13-8-7-10(9-11(13)16(19)20)15(18)22-14-6-4-3-5-12(14)17/h7-9,14H,2-6H2,1H3. The molecule has 0 heterocycles. The first-order valence-electron chi connectivity index (χ1n) is 7.18. The highest BCUT2D eigenvalue weighted by Crippen LogP contribution is 2.28. The molecule has 22 heavy (non-hydrogen) atoms. The Labute approximate surface area is 127 Å². The summed E-state index contributed by atoms with van der Waals surface area (Å²) < 4.78 is 10.3. The van der Waals surface area contributed by atoms with Crippen molar-refractivity contribution in [3.63, 3.8) is 0 Å². The van der Waals surface area contributed by atoms with Crippen LogP contribution in [0.25, 0.3) is 0 Å². The van der Waals surface area contributed by atoms with Crippen LogP contribution in [0.5, 0.6) is 5.75 Å². The summed E-state index contributed by atoms with van der Waals surface area (Å²) >= 11 is 0. The van der Waals surface area contributed by atoms with E-state index >= 15 is 0 Å². The highest BCUT2D eigenvalue weighted by atomic mass is 16.6. The molecule has 0 bridgehead atoms. The third-order valence-corrected chi connectivity index (χ3v) is 3.44. The van der Waals surface area contributed by atoms with Crippen molar-refractivity contribution >= 4 is 17.4 Å². The van der Waals surface area contributed by atoms with Crippen molar-refractivity contribution in [2.45, 2.75) is 38.7 Å². The van der Waals surface area contributed by atoms with E-state index in [4.69, 9.17) is 9.47 Å². The van der Waals surface area contributed by atoms with E-state index in [1.807, 2.05) is 0 Å². The number of Topliss-reactive ketones (excluding diaryl/α,β-unsaturated/α-hetero) is 1. The Hall–Kier alpha value is -2.44. The van der Waals surface area contributed by atoms with E-state index in [-0.39, 0.29) is 29.4 Å². The van der Waals surface area contributed by atoms with Gasteiger partial charge in [-0.15, -0.1) is 0 Å². The summed E-state index contributed by atoms with van der Waals surface area (Å²) in [5.74, 6) is -0.732. The van der Waals surface area contributed by atoms with Crippen molar-refractivity contribution in [2.24, 2.45) is 0 Å². The third kappa shape index (κ3) is 3.60. The topological polar surface area (TPSA) is 95.7 Å². The second-order valence-electron chi connectivity index (χ2n) is 4.98. The first-order chi connectivity index (χ1) is 10.5. The highest BCUT2D eigenvalue weighted by molar-refractivity contribution is 5.93. The van der Waals surface area contributed by atoms with Crippen molar-refractivity contribution < 1.29 is 24.0 Å². The van der Waals surface area contributed by atoms with Crippen LogP contribution in [0.15, 0.2) is 18.2 Å². The molecule has 1 unspecified atom stereocenters. The van der Waals surface area contributed by atoms with Crippen molar-refractivity contribution in [1.82, 2.24) is 0 Å². The number of nitrogens with zero attached hydrogens (tertiary/aromatic N) is 1. The van der Waals surface area contributed by atoms with E-state index in [1.54, 1.807) is 6.92 Å². The molecule has 0 aromatic heterocycles. The van der Waals surface area contributed by atoms with Crippen LogP contribution in [0.4, 0.5) is 5.69 Å². The minimum Gasteiger partial charge on any atom is -0.487 e. The lowest BCUT2D eigenvalue weighted by molar-refractivity contribution is -0.385.